The van der Waals surface area contributed by atoms with Crippen LogP contribution >= 0.6 is 11.3 Å². The second kappa shape index (κ2) is 6.88. The van der Waals surface area contributed by atoms with Gasteiger partial charge in [-0.05, 0) is 38.9 Å². The standard InChI is InChI=1S/C11H21N5S/c12-4-1-2-5-15-6-3-7-16(9-8-15)11-14-13-10-17-11/h10H,1-9,12H2. The van der Waals surface area contributed by atoms with Crippen molar-refractivity contribution in [1.82, 2.24) is 15.1 Å². The Morgan fingerprint density at radius 3 is 2.94 bits per heavy atom. The quantitative estimate of drug-likeness (QED) is 0.788. The van der Waals surface area contributed by atoms with Gasteiger partial charge in [-0.1, -0.05) is 11.3 Å². The van der Waals surface area contributed by atoms with E-state index >= 15 is 0 Å². The Morgan fingerprint density at radius 1 is 1.24 bits per heavy atom. The lowest BCUT2D eigenvalue weighted by molar-refractivity contribution is 0.288. The van der Waals surface area contributed by atoms with Crippen LogP contribution in [0.4, 0.5) is 5.13 Å². The molecule has 0 aliphatic carbocycles. The second-order valence-corrected chi connectivity index (χ2v) is 5.21. The summed E-state index contributed by atoms with van der Waals surface area (Å²) in [6.45, 7) is 6.48. The maximum Gasteiger partial charge on any atom is 0.208 e. The van der Waals surface area contributed by atoms with Crippen molar-refractivity contribution in [3.8, 4) is 0 Å². The molecule has 1 aromatic rings. The molecular formula is C11H21N5S. The van der Waals surface area contributed by atoms with Gasteiger partial charge in [0.15, 0.2) is 0 Å². The highest BCUT2D eigenvalue weighted by atomic mass is 32.1. The van der Waals surface area contributed by atoms with Crippen molar-refractivity contribution < 1.29 is 0 Å². The van der Waals surface area contributed by atoms with Crippen molar-refractivity contribution in [2.24, 2.45) is 5.73 Å². The summed E-state index contributed by atoms with van der Waals surface area (Å²) in [4.78, 5) is 4.89. The first-order valence-corrected chi connectivity index (χ1v) is 7.21. The molecular weight excluding hydrogens is 234 g/mol. The van der Waals surface area contributed by atoms with E-state index in [1.807, 2.05) is 0 Å². The van der Waals surface area contributed by atoms with Crippen LogP contribution in [0.1, 0.15) is 19.3 Å². The summed E-state index contributed by atoms with van der Waals surface area (Å²) in [5.41, 5.74) is 7.33. The summed E-state index contributed by atoms with van der Waals surface area (Å²) in [5.74, 6) is 0. The third-order valence-electron chi connectivity index (χ3n) is 3.14. The van der Waals surface area contributed by atoms with Crippen molar-refractivity contribution >= 4 is 16.5 Å². The van der Waals surface area contributed by atoms with Crippen LogP contribution in [0.3, 0.4) is 0 Å². The number of nitrogens with zero attached hydrogens (tertiary/aromatic N) is 4. The summed E-state index contributed by atoms with van der Waals surface area (Å²) in [7, 11) is 0. The number of hydrogen-bond donors (Lipinski definition) is 1. The Morgan fingerprint density at radius 2 is 2.18 bits per heavy atom. The molecule has 2 rings (SSSR count). The van der Waals surface area contributed by atoms with E-state index in [1.54, 1.807) is 16.8 Å². The average Bonchev–Trinajstić information content (AvgIpc) is 2.77. The number of aromatic nitrogens is 2. The molecule has 1 aliphatic heterocycles. The van der Waals surface area contributed by atoms with Crippen LogP contribution in [-0.2, 0) is 0 Å². The first-order chi connectivity index (χ1) is 8.40. The van der Waals surface area contributed by atoms with Gasteiger partial charge in [-0.25, -0.2) is 0 Å². The zero-order valence-corrected chi connectivity index (χ0v) is 11.0. The van der Waals surface area contributed by atoms with Crippen LogP contribution < -0.4 is 10.6 Å². The Kier molecular flexibility index (Phi) is 5.15. The number of rotatable bonds is 5. The van der Waals surface area contributed by atoms with E-state index in [4.69, 9.17) is 5.73 Å². The average molecular weight is 255 g/mol. The van der Waals surface area contributed by atoms with Crippen LogP contribution in [0.2, 0.25) is 0 Å². The van der Waals surface area contributed by atoms with Crippen LogP contribution in [0.25, 0.3) is 0 Å². The predicted octanol–water partition coefficient (Wildman–Crippen LogP) is 0.789. The first-order valence-electron chi connectivity index (χ1n) is 6.33. The van der Waals surface area contributed by atoms with Gasteiger partial charge in [0.25, 0.3) is 0 Å². The molecule has 0 amide bonds. The zero-order valence-electron chi connectivity index (χ0n) is 10.2. The van der Waals surface area contributed by atoms with E-state index in [-0.39, 0.29) is 0 Å². The highest BCUT2D eigenvalue weighted by Gasteiger charge is 2.16. The number of unbranched alkanes of at least 4 members (excludes halogenated alkanes) is 1. The lowest BCUT2D eigenvalue weighted by Crippen LogP contribution is -2.31. The van der Waals surface area contributed by atoms with Crippen LogP contribution in [0, 0.1) is 0 Å². The lowest BCUT2D eigenvalue weighted by Gasteiger charge is -2.20. The molecule has 1 aliphatic rings. The van der Waals surface area contributed by atoms with Gasteiger partial charge in [0, 0.05) is 19.6 Å². The van der Waals surface area contributed by atoms with E-state index in [2.05, 4.69) is 20.0 Å². The van der Waals surface area contributed by atoms with Crippen molar-refractivity contribution in [1.29, 1.82) is 0 Å². The highest BCUT2D eigenvalue weighted by molar-refractivity contribution is 7.13. The molecule has 0 saturated carbocycles. The van der Waals surface area contributed by atoms with Gasteiger partial charge in [-0.3, -0.25) is 0 Å². The SMILES string of the molecule is NCCCCN1CCCN(c2nncs2)CC1. The molecule has 5 nitrogen and oxygen atoms in total. The maximum absolute atomic E-state index is 5.52. The van der Waals surface area contributed by atoms with Gasteiger partial charge in [-0.2, -0.15) is 0 Å². The maximum atomic E-state index is 5.52. The Hall–Kier alpha value is -0.720. The minimum absolute atomic E-state index is 0.810. The van der Waals surface area contributed by atoms with Gasteiger partial charge >= 0.3 is 0 Å². The van der Waals surface area contributed by atoms with Gasteiger partial charge in [0.2, 0.25) is 5.13 Å². The van der Waals surface area contributed by atoms with Gasteiger partial charge < -0.3 is 15.5 Å². The second-order valence-electron chi connectivity index (χ2n) is 4.40. The lowest BCUT2D eigenvalue weighted by atomic mass is 10.3. The molecule has 0 bridgehead atoms. The molecule has 0 aromatic carbocycles. The molecule has 0 radical (unpaired) electrons. The molecule has 1 saturated heterocycles. The molecule has 0 atom stereocenters. The van der Waals surface area contributed by atoms with E-state index in [0.29, 0.717) is 0 Å². The molecule has 2 heterocycles. The topological polar surface area (TPSA) is 58.3 Å². The van der Waals surface area contributed by atoms with Gasteiger partial charge in [0.1, 0.15) is 5.51 Å². The molecule has 6 heteroatoms. The van der Waals surface area contributed by atoms with Gasteiger partial charge in [0.05, 0.1) is 0 Å². The third-order valence-corrected chi connectivity index (χ3v) is 3.89. The van der Waals surface area contributed by atoms with Gasteiger partial charge in [-0.15, -0.1) is 10.2 Å². The number of hydrogen-bond acceptors (Lipinski definition) is 6. The van der Waals surface area contributed by atoms with E-state index in [9.17, 15) is 0 Å². The van der Waals surface area contributed by atoms with Crippen molar-refractivity contribution in [3.05, 3.63) is 5.51 Å². The largest absolute Gasteiger partial charge is 0.345 e. The molecule has 17 heavy (non-hydrogen) atoms. The summed E-state index contributed by atoms with van der Waals surface area (Å²) in [5, 5.41) is 9.11. The smallest absolute Gasteiger partial charge is 0.208 e. The van der Waals surface area contributed by atoms with E-state index in [1.165, 1.54) is 25.9 Å². The van der Waals surface area contributed by atoms with Crippen LogP contribution in [-0.4, -0.2) is 54.4 Å². The Bertz CT molecular complexity index is 303. The zero-order chi connectivity index (χ0) is 11.9. The molecule has 1 fully saturated rings. The minimum Gasteiger partial charge on any atom is -0.345 e. The van der Waals surface area contributed by atoms with E-state index in [0.717, 1.165) is 37.7 Å². The Balaban J connectivity index is 1.77. The summed E-state index contributed by atoms with van der Waals surface area (Å²) in [6.07, 6.45) is 3.56. The minimum atomic E-state index is 0.810. The highest BCUT2D eigenvalue weighted by Crippen LogP contribution is 2.17. The molecule has 96 valence electrons. The number of anilines is 1. The first kappa shape index (κ1) is 12.7. The number of nitrogens with two attached hydrogens (primary N) is 1. The molecule has 0 spiro atoms. The Labute approximate surface area is 107 Å². The summed E-state index contributed by atoms with van der Waals surface area (Å²) in [6, 6.07) is 0. The fourth-order valence-electron chi connectivity index (χ4n) is 2.17. The molecule has 1 aromatic heterocycles. The fourth-order valence-corrected chi connectivity index (χ4v) is 2.79. The fraction of sp³-hybridized carbons (Fsp3) is 0.818. The van der Waals surface area contributed by atoms with E-state index < -0.39 is 0 Å². The summed E-state index contributed by atoms with van der Waals surface area (Å²) >= 11 is 1.63. The summed E-state index contributed by atoms with van der Waals surface area (Å²) < 4.78 is 0. The van der Waals surface area contributed by atoms with Crippen molar-refractivity contribution in [2.75, 3.05) is 44.2 Å². The molecule has 2 N–H and O–H groups in total. The third kappa shape index (κ3) is 3.90. The van der Waals surface area contributed by atoms with Crippen LogP contribution in [0.5, 0.6) is 0 Å². The van der Waals surface area contributed by atoms with Crippen molar-refractivity contribution in [2.45, 2.75) is 19.3 Å². The monoisotopic (exact) mass is 255 g/mol. The van der Waals surface area contributed by atoms with Crippen molar-refractivity contribution in [3.63, 3.8) is 0 Å². The normalized spacial score (nSPS) is 18.3. The molecule has 0 unspecified atom stereocenters. The predicted molar refractivity (Wildman–Crippen MR) is 71.5 cm³/mol. The van der Waals surface area contributed by atoms with Crippen LogP contribution in [0.15, 0.2) is 5.51 Å².